The van der Waals surface area contributed by atoms with Crippen molar-refractivity contribution in [3.05, 3.63) is 29.6 Å². The Kier molecular flexibility index (Phi) is 3.69. The van der Waals surface area contributed by atoms with Gasteiger partial charge in [0.15, 0.2) is 0 Å². The summed E-state index contributed by atoms with van der Waals surface area (Å²) in [6, 6.07) is 3.17. The summed E-state index contributed by atoms with van der Waals surface area (Å²) in [5, 5.41) is 9.06. The summed E-state index contributed by atoms with van der Waals surface area (Å²) < 4.78 is 18.8. The first-order valence-electron chi connectivity index (χ1n) is 5.92. The number of carboxylic acid groups (broad SMARTS) is 1. The van der Waals surface area contributed by atoms with Gasteiger partial charge in [0.05, 0.1) is 7.11 Å². The third kappa shape index (κ3) is 2.38. The van der Waals surface area contributed by atoms with Crippen LogP contribution in [0.25, 0.3) is 0 Å². The number of methoxy groups -OCH3 is 1. The molecule has 1 N–H and O–H groups in total. The highest BCUT2D eigenvalue weighted by Crippen LogP contribution is 2.27. The molecule has 19 heavy (non-hydrogen) atoms. The molecule has 1 aromatic rings. The topological polar surface area (TPSA) is 66.8 Å². The Labute approximate surface area is 109 Å². The third-order valence-corrected chi connectivity index (χ3v) is 3.21. The molecule has 102 valence electrons. The van der Waals surface area contributed by atoms with Gasteiger partial charge in [0.2, 0.25) is 0 Å². The highest BCUT2D eigenvalue weighted by Gasteiger charge is 2.36. The van der Waals surface area contributed by atoms with Gasteiger partial charge >= 0.3 is 5.97 Å². The van der Waals surface area contributed by atoms with E-state index in [0.717, 1.165) is 6.07 Å². The Morgan fingerprint density at radius 2 is 2.21 bits per heavy atom. The number of carboxylic acids is 1. The van der Waals surface area contributed by atoms with E-state index < -0.39 is 23.7 Å². The summed E-state index contributed by atoms with van der Waals surface area (Å²) >= 11 is 0. The zero-order valence-corrected chi connectivity index (χ0v) is 10.4. The van der Waals surface area contributed by atoms with Gasteiger partial charge < -0.3 is 14.7 Å². The Balaban J connectivity index is 2.37. The average Bonchev–Trinajstić information content (AvgIpc) is 2.87. The molecule has 2 rings (SSSR count). The molecule has 0 unspecified atom stereocenters. The van der Waals surface area contributed by atoms with E-state index in [2.05, 4.69) is 0 Å². The van der Waals surface area contributed by atoms with E-state index in [4.69, 9.17) is 9.84 Å². The summed E-state index contributed by atoms with van der Waals surface area (Å²) in [7, 11) is 1.34. The fourth-order valence-corrected chi connectivity index (χ4v) is 2.29. The van der Waals surface area contributed by atoms with Gasteiger partial charge in [-0.2, -0.15) is 0 Å². The van der Waals surface area contributed by atoms with Crippen molar-refractivity contribution in [2.24, 2.45) is 0 Å². The first-order valence-corrected chi connectivity index (χ1v) is 5.92. The molecule has 0 spiro atoms. The molecule has 1 fully saturated rings. The number of ether oxygens (including phenoxy) is 1. The van der Waals surface area contributed by atoms with Crippen molar-refractivity contribution in [3.63, 3.8) is 0 Å². The standard InChI is InChI=1S/C13H14FNO4/c1-19-10-6-2-4-8(14)11(10)12(16)15-7-3-5-9(15)13(17)18/h2,4,6,9H,3,5,7H2,1H3,(H,17,18)/t9-/m0/s1. The molecule has 1 aliphatic heterocycles. The van der Waals surface area contributed by atoms with Crippen molar-refractivity contribution in [1.82, 2.24) is 4.90 Å². The maximum Gasteiger partial charge on any atom is 0.326 e. The summed E-state index contributed by atoms with van der Waals surface area (Å²) in [5.41, 5.74) is -0.210. The van der Waals surface area contributed by atoms with Crippen LogP contribution in [0.3, 0.4) is 0 Å². The lowest BCUT2D eigenvalue weighted by molar-refractivity contribution is -0.141. The van der Waals surface area contributed by atoms with Gasteiger partial charge in [-0.1, -0.05) is 6.07 Å². The minimum atomic E-state index is -1.07. The fraction of sp³-hybridized carbons (Fsp3) is 0.385. The molecule has 0 aliphatic carbocycles. The van der Waals surface area contributed by atoms with E-state index in [1.165, 1.54) is 24.1 Å². The lowest BCUT2D eigenvalue weighted by Gasteiger charge is -2.22. The van der Waals surface area contributed by atoms with Crippen molar-refractivity contribution in [2.75, 3.05) is 13.7 Å². The van der Waals surface area contributed by atoms with E-state index in [-0.39, 0.29) is 11.3 Å². The summed E-state index contributed by atoms with van der Waals surface area (Å²) in [6.45, 7) is 0.313. The van der Waals surface area contributed by atoms with Crippen molar-refractivity contribution >= 4 is 11.9 Å². The van der Waals surface area contributed by atoms with Crippen LogP contribution in [0.4, 0.5) is 4.39 Å². The van der Waals surface area contributed by atoms with Crippen LogP contribution >= 0.6 is 0 Å². The second-order valence-electron chi connectivity index (χ2n) is 4.31. The van der Waals surface area contributed by atoms with Crippen LogP contribution in [0.2, 0.25) is 0 Å². The highest BCUT2D eigenvalue weighted by atomic mass is 19.1. The fourth-order valence-electron chi connectivity index (χ4n) is 2.29. The quantitative estimate of drug-likeness (QED) is 0.901. The van der Waals surface area contributed by atoms with Gasteiger partial charge in [0, 0.05) is 6.54 Å². The molecule has 0 bridgehead atoms. The molecule has 1 atom stereocenters. The predicted molar refractivity (Wildman–Crippen MR) is 64.6 cm³/mol. The molecule has 1 aliphatic rings. The number of hydrogen-bond donors (Lipinski definition) is 1. The molecule has 5 nitrogen and oxygen atoms in total. The molecule has 1 heterocycles. The van der Waals surface area contributed by atoms with Gasteiger partial charge in [-0.25, -0.2) is 9.18 Å². The second-order valence-corrected chi connectivity index (χ2v) is 4.31. The molecule has 1 saturated heterocycles. The van der Waals surface area contributed by atoms with E-state index in [1.54, 1.807) is 0 Å². The number of nitrogens with zero attached hydrogens (tertiary/aromatic N) is 1. The first kappa shape index (κ1) is 13.3. The van der Waals surface area contributed by atoms with E-state index in [1.807, 2.05) is 0 Å². The number of likely N-dealkylation sites (tertiary alicyclic amines) is 1. The van der Waals surface area contributed by atoms with Gasteiger partial charge in [-0.15, -0.1) is 0 Å². The number of hydrogen-bond acceptors (Lipinski definition) is 3. The minimum absolute atomic E-state index is 0.112. The number of carbonyl (C=O) groups excluding carboxylic acids is 1. The normalized spacial score (nSPS) is 18.4. The van der Waals surface area contributed by atoms with Gasteiger partial charge in [0.25, 0.3) is 5.91 Å². The van der Waals surface area contributed by atoms with Crippen LogP contribution in [0.1, 0.15) is 23.2 Å². The molecule has 0 saturated carbocycles. The molecule has 1 aromatic carbocycles. The second kappa shape index (κ2) is 5.26. The lowest BCUT2D eigenvalue weighted by Crippen LogP contribution is -2.40. The SMILES string of the molecule is COc1cccc(F)c1C(=O)N1CCC[C@H]1C(=O)O. The average molecular weight is 267 g/mol. The summed E-state index contributed by atoms with van der Waals surface area (Å²) in [6.07, 6.45) is 0.983. The Morgan fingerprint density at radius 3 is 2.84 bits per heavy atom. The summed E-state index contributed by atoms with van der Waals surface area (Å²) in [5.74, 6) is -2.30. The Bertz CT molecular complexity index is 517. The number of aliphatic carboxylic acids is 1. The van der Waals surface area contributed by atoms with Gasteiger partial charge in [0.1, 0.15) is 23.2 Å². The van der Waals surface area contributed by atoms with E-state index >= 15 is 0 Å². The monoisotopic (exact) mass is 267 g/mol. The van der Waals surface area contributed by atoms with Crippen LogP contribution < -0.4 is 4.74 Å². The maximum absolute atomic E-state index is 13.8. The Hall–Kier alpha value is -2.11. The number of amides is 1. The smallest absolute Gasteiger partial charge is 0.326 e. The largest absolute Gasteiger partial charge is 0.496 e. The molecule has 0 radical (unpaired) electrons. The lowest BCUT2D eigenvalue weighted by atomic mass is 10.1. The van der Waals surface area contributed by atoms with Crippen molar-refractivity contribution in [1.29, 1.82) is 0 Å². The number of rotatable bonds is 3. The zero-order chi connectivity index (χ0) is 14.0. The molecular formula is C13H14FNO4. The van der Waals surface area contributed by atoms with Crippen molar-refractivity contribution in [3.8, 4) is 5.75 Å². The maximum atomic E-state index is 13.8. The van der Waals surface area contributed by atoms with Crippen LogP contribution in [0.5, 0.6) is 5.75 Å². The van der Waals surface area contributed by atoms with Crippen LogP contribution in [-0.4, -0.2) is 41.6 Å². The van der Waals surface area contributed by atoms with Crippen LogP contribution in [0, 0.1) is 5.82 Å². The van der Waals surface area contributed by atoms with Gasteiger partial charge in [-0.3, -0.25) is 4.79 Å². The van der Waals surface area contributed by atoms with Gasteiger partial charge in [-0.05, 0) is 25.0 Å². The number of halogens is 1. The van der Waals surface area contributed by atoms with Crippen molar-refractivity contribution < 1.29 is 23.8 Å². The zero-order valence-electron chi connectivity index (χ0n) is 10.4. The van der Waals surface area contributed by atoms with Crippen molar-refractivity contribution in [2.45, 2.75) is 18.9 Å². The molecule has 1 amide bonds. The number of carbonyl (C=O) groups is 2. The molecular weight excluding hydrogens is 253 g/mol. The predicted octanol–water partition coefficient (Wildman–Crippen LogP) is 1.52. The minimum Gasteiger partial charge on any atom is -0.496 e. The highest BCUT2D eigenvalue weighted by molar-refractivity contribution is 5.99. The molecule has 0 aromatic heterocycles. The Morgan fingerprint density at radius 1 is 1.47 bits per heavy atom. The first-order chi connectivity index (χ1) is 9.06. The molecule has 6 heteroatoms. The number of benzene rings is 1. The third-order valence-electron chi connectivity index (χ3n) is 3.21. The summed E-state index contributed by atoms with van der Waals surface area (Å²) in [4.78, 5) is 24.6. The van der Waals surface area contributed by atoms with E-state index in [0.29, 0.717) is 19.4 Å². The van der Waals surface area contributed by atoms with E-state index in [9.17, 15) is 14.0 Å². The van der Waals surface area contributed by atoms with Crippen LogP contribution in [-0.2, 0) is 4.79 Å². The van der Waals surface area contributed by atoms with Crippen LogP contribution in [0.15, 0.2) is 18.2 Å².